The smallest absolute Gasteiger partial charge is 0.238 e. The minimum Gasteiger partial charge on any atom is -0.346 e. The highest BCUT2D eigenvalue weighted by Crippen LogP contribution is 2.15. The van der Waals surface area contributed by atoms with Crippen LogP contribution in [0.5, 0.6) is 0 Å². The molecular weight excluding hydrogens is 363 g/mol. The van der Waals surface area contributed by atoms with Gasteiger partial charge >= 0.3 is 0 Å². The lowest BCUT2D eigenvalue weighted by molar-refractivity contribution is -0.117. The molecule has 7 heteroatoms. The first-order valence-corrected chi connectivity index (χ1v) is 9.31. The van der Waals surface area contributed by atoms with Crippen molar-refractivity contribution in [1.29, 1.82) is 0 Å². The van der Waals surface area contributed by atoms with Gasteiger partial charge in [0.2, 0.25) is 5.91 Å². The number of halogens is 1. The Hall–Kier alpha value is -2.51. The number of rotatable bonds is 4. The number of hydrogen-bond acceptors (Lipinski definition) is 3. The molecule has 3 rings (SSSR count). The Labute approximate surface area is 164 Å². The lowest BCUT2D eigenvalue weighted by Crippen LogP contribution is -2.51. The number of hydrogen-bond donors (Lipinski definition) is 2. The molecule has 0 radical (unpaired) electrons. The van der Waals surface area contributed by atoms with Crippen molar-refractivity contribution in [2.45, 2.75) is 6.92 Å². The quantitative estimate of drug-likeness (QED) is 0.791. The number of carbonyl (C=O) groups is 1. The van der Waals surface area contributed by atoms with Gasteiger partial charge in [0, 0.05) is 37.6 Å². The monoisotopic (exact) mass is 386 g/mol. The predicted molar refractivity (Wildman–Crippen MR) is 110 cm³/mol. The standard InChI is InChI=1S/C20H23FN4OS/c1-15-4-2-3-5-18(15)23-20(27)25-12-10-24(11-13-25)14-19(26)22-17-8-6-16(21)7-9-17/h2-9H,10-14H2,1H3,(H,22,26)(H,23,27). The molecule has 1 amide bonds. The van der Waals surface area contributed by atoms with Crippen molar-refractivity contribution in [3.05, 3.63) is 59.9 Å². The van der Waals surface area contributed by atoms with Crippen molar-refractivity contribution >= 4 is 34.6 Å². The number of amides is 1. The van der Waals surface area contributed by atoms with Crippen molar-refractivity contribution in [2.24, 2.45) is 0 Å². The van der Waals surface area contributed by atoms with Crippen LogP contribution in [0.1, 0.15) is 5.56 Å². The Morgan fingerprint density at radius 2 is 1.70 bits per heavy atom. The van der Waals surface area contributed by atoms with E-state index in [2.05, 4.69) is 20.4 Å². The first kappa shape index (κ1) is 19.3. The number of anilines is 2. The van der Waals surface area contributed by atoms with E-state index in [1.807, 2.05) is 31.2 Å². The fourth-order valence-electron chi connectivity index (χ4n) is 2.95. The maximum atomic E-state index is 12.9. The third-order valence-corrected chi connectivity index (χ3v) is 4.90. The van der Waals surface area contributed by atoms with E-state index in [-0.39, 0.29) is 11.7 Å². The minimum absolute atomic E-state index is 0.101. The molecule has 2 aromatic rings. The van der Waals surface area contributed by atoms with Crippen LogP contribution >= 0.6 is 12.2 Å². The van der Waals surface area contributed by atoms with E-state index in [9.17, 15) is 9.18 Å². The second kappa shape index (κ2) is 8.92. The molecule has 0 aromatic heterocycles. The van der Waals surface area contributed by atoms with Gasteiger partial charge < -0.3 is 15.5 Å². The van der Waals surface area contributed by atoms with E-state index in [4.69, 9.17) is 12.2 Å². The highest BCUT2D eigenvalue weighted by Gasteiger charge is 2.21. The highest BCUT2D eigenvalue weighted by atomic mass is 32.1. The topological polar surface area (TPSA) is 47.6 Å². The zero-order chi connectivity index (χ0) is 19.2. The van der Waals surface area contributed by atoms with Crippen LogP contribution < -0.4 is 10.6 Å². The third-order valence-electron chi connectivity index (χ3n) is 4.54. The van der Waals surface area contributed by atoms with E-state index in [1.54, 1.807) is 12.1 Å². The molecule has 0 bridgehead atoms. The SMILES string of the molecule is Cc1ccccc1NC(=S)N1CCN(CC(=O)Nc2ccc(F)cc2)CC1. The number of benzene rings is 2. The van der Waals surface area contributed by atoms with Gasteiger partial charge in [0.05, 0.1) is 6.54 Å². The average Bonchev–Trinajstić information content (AvgIpc) is 2.66. The van der Waals surface area contributed by atoms with E-state index < -0.39 is 0 Å². The van der Waals surface area contributed by atoms with Crippen molar-refractivity contribution in [3.63, 3.8) is 0 Å². The average molecular weight is 386 g/mol. The van der Waals surface area contributed by atoms with Crippen LogP contribution in [0.2, 0.25) is 0 Å². The molecule has 2 aromatic carbocycles. The van der Waals surface area contributed by atoms with Crippen molar-refractivity contribution in [3.8, 4) is 0 Å². The van der Waals surface area contributed by atoms with Gasteiger partial charge in [-0.2, -0.15) is 0 Å². The molecule has 142 valence electrons. The molecule has 0 spiro atoms. The molecular formula is C20H23FN4OS. The molecule has 5 nitrogen and oxygen atoms in total. The lowest BCUT2D eigenvalue weighted by Gasteiger charge is -2.36. The van der Waals surface area contributed by atoms with Crippen LogP contribution in [0.4, 0.5) is 15.8 Å². The van der Waals surface area contributed by atoms with Gasteiger partial charge in [0.15, 0.2) is 5.11 Å². The van der Waals surface area contributed by atoms with E-state index >= 15 is 0 Å². The normalized spacial score (nSPS) is 14.7. The summed E-state index contributed by atoms with van der Waals surface area (Å²) >= 11 is 5.53. The number of piperazine rings is 1. The van der Waals surface area contributed by atoms with E-state index in [1.165, 1.54) is 12.1 Å². The number of carbonyl (C=O) groups excluding carboxylic acids is 1. The summed E-state index contributed by atoms with van der Waals surface area (Å²) in [6.45, 7) is 5.40. The largest absolute Gasteiger partial charge is 0.346 e. The molecule has 1 fully saturated rings. The number of nitrogens with zero attached hydrogens (tertiary/aromatic N) is 2. The molecule has 1 heterocycles. The van der Waals surface area contributed by atoms with Crippen LogP contribution in [0, 0.1) is 12.7 Å². The van der Waals surface area contributed by atoms with Crippen molar-refractivity contribution in [1.82, 2.24) is 9.80 Å². The van der Waals surface area contributed by atoms with Gasteiger partial charge in [-0.05, 0) is 55.0 Å². The Balaban J connectivity index is 1.44. The van der Waals surface area contributed by atoms with Crippen LogP contribution in [0.3, 0.4) is 0 Å². The van der Waals surface area contributed by atoms with Crippen LogP contribution in [-0.2, 0) is 4.79 Å². The zero-order valence-electron chi connectivity index (χ0n) is 15.2. The highest BCUT2D eigenvalue weighted by molar-refractivity contribution is 7.80. The fourth-order valence-corrected chi connectivity index (χ4v) is 3.25. The summed E-state index contributed by atoms with van der Waals surface area (Å²) in [6.07, 6.45) is 0. The molecule has 0 atom stereocenters. The number of thiocarbonyl (C=S) groups is 1. The first-order chi connectivity index (χ1) is 13.0. The Kier molecular flexibility index (Phi) is 6.36. The summed E-state index contributed by atoms with van der Waals surface area (Å²) in [7, 11) is 0. The van der Waals surface area contributed by atoms with Crippen LogP contribution in [-0.4, -0.2) is 53.5 Å². The summed E-state index contributed by atoms with van der Waals surface area (Å²) in [4.78, 5) is 16.4. The predicted octanol–water partition coefficient (Wildman–Crippen LogP) is 3.09. The number of aryl methyl sites for hydroxylation is 1. The van der Waals surface area contributed by atoms with Gasteiger partial charge in [-0.3, -0.25) is 9.69 Å². The van der Waals surface area contributed by atoms with Gasteiger partial charge in [-0.15, -0.1) is 0 Å². The fraction of sp³-hybridized carbons (Fsp3) is 0.300. The Bertz CT molecular complexity index is 804. The molecule has 1 aliphatic heterocycles. The van der Waals surface area contributed by atoms with Crippen molar-refractivity contribution < 1.29 is 9.18 Å². The van der Waals surface area contributed by atoms with Crippen molar-refractivity contribution in [2.75, 3.05) is 43.4 Å². The maximum Gasteiger partial charge on any atom is 0.238 e. The molecule has 0 unspecified atom stereocenters. The number of nitrogens with one attached hydrogen (secondary N) is 2. The Morgan fingerprint density at radius 1 is 1.04 bits per heavy atom. The van der Waals surface area contributed by atoms with Gasteiger partial charge in [-0.25, -0.2) is 4.39 Å². The van der Waals surface area contributed by atoms with Gasteiger partial charge in [0.1, 0.15) is 5.82 Å². The lowest BCUT2D eigenvalue weighted by atomic mass is 10.2. The van der Waals surface area contributed by atoms with Gasteiger partial charge in [0.25, 0.3) is 0 Å². The number of para-hydroxylation sites is 1. The van der Waals surface area contributed by atoms with E-state index in [0.717, 1.165) is 37.4 Å². The summed E-state index contributed by atoms with van der Waals surface area (Å²) in [6, 6.07) is 13.8. The molecule has 0 saturated carbocycles. The molecule has 2 N–H and O–H groups in total. The zero-order valence-corrected chi connectivity index (χ0v) is 16.1. The van der Waals surface area contributed by atoms with Gasteiger partial charge in [-0.1, -0.05) is 18.2 Å². The van der Waals surface area contributed by atoms with Crippen LogP contribution in [0.15, 0.2) is 48.5 Å². The molecule has 1 aliphatic rings. The molecule has 0 aliphatic carbocycles. The molecule has 27 heavy (non-hydrogen) atoms. The summed E-state index contributed by atoms with van der Waals surface area (Å²) in [5.74, 6) is -0.421. The first-order valence-electron chi connectivity index (χ1n) is 8.90. The second-order valence-electron chi connectivity index (χ2n) is 6.56. The second-order valence-corrected chi connectivity index (χ2v) is 6.95. The molecule has 1 saturated heterocycles. The minimum atomic E-state index is -0.320. The third kappa shape index (κ3) is 5.48. The summed E-state index contributed by atoms with van der Waals surface area (Å²) < 4.78 is 12.9. The summed E-state index contributed by atoms with van der Waals surface area (Å²) in [5, 5.41) is 6.80. The maximum absolute atomic E-state index is 12.9. The Morgan fingerprint density at radius 3 is 2.37 bits per heavy atom. The van der Waals surface area contributed by atoms with Crippen LogP contribution in [0.25, 0.3) is 0 Å². The summed E-state index contributed by atoms with van der Waals surface area (Å²) in [5.41, 5.74) is 2.77. The van der Waals surface area contributed by atoms with E-state index in [0.29, 0.717) is 17.3 Å².